The van der Waals surface area contributed by atoms with Crippen molar-refractivity contribution in [2.75, 3.05) is 27.3 Å². The lowest BCUT2D eigenvalue weighted by molar-refractivity contribution is -0.122. The van der Waals surface area contributed by atoms with Gasteiger partial charge in [-0.25, -0.2) is 0 Å². The fraction of sp³-hybridized carbons (Fsp3) is 0.320. The van der Waals surface area contributed by atoms with E-state index in [0.29, 0.717) is 25.4 Å². The Balaban J connectivity index is 1.60. The second-order valence-electron chi connectivity index (χ2n) is 7.45. The number of ether oxygens (including phenoxy) is 2. The van der Waals surface area contributed by atoms with Crippen LogP contribution in [0.4, 0.5) is 0 Å². The summed E-state index contributed by atoms with van der Waals surface area (Å²) in [7, 11) is 3.57. The quantitative estimate of drug-likeness (QED) is 0.566. The monoisotopic (exact) mass is 406 g/mol. The van der Waals surface area contributed by atoms with Gasteiger partial charge < -0.3 is 14.8 Å². The number of fused-ring (bicyclic) bond motifs is 1. The van der Waals surface area contributed by atoms with E-state index >= 15 is 0 Å². The third-order valence-corrected chi connectivity index (χ3v) is 5.06. The van der Waals surface area contributed by atoms with Gasteiger partial charge in [-0.1, -0.05) is 48.5 Å². The van der Waals surface area contributed by atoms with Crippen LogP contribution in [0.2, 0.25) is 0 Å². The molecule has 0 bridgehead atoms. The number of rotatable bonds is 9. The molecule has 5 heteroatoms. The molecule has 3 aromatic rings. The molecule has 0 saturated heterocycles. The SMILES string of the molecule is CCOc1ccc(CN(C)CC(=O)N[C@H](C)c2cccc3ccccc23)cc1OC. The zero-order valence-electron chi connectivity index (χ0n) is 18.1. The highest BCUT2D eigenvalue weighted by Crippen LogP contribution is 2.28. The molecule has 5 nitrogen and oxygen atoms in total. The third-order valence-electron chi connectivity index (χ3n) is 5.06. The Morgan fingerprint density at radius 1 is 1.07 bits per heavy atom. The fourth-order valence-corrected chi connectivity index (χ4v) is 3.69. The summed E-state index contributed by atoms with van der Waals surface area (Å²) in [5, 5.41) is 5.48. The third kappa shape index (κ3) is 5.30. The van der Waals surface area contributed by atoms with E-state index in [1.54, 1.807) is 7.11 Å². The first kappa shape index (κ1) is 21.7. The number of likely N-dealkylation sites (N-methyl/N-ethyl adjacent to an activating group) is 1. The van der Waals surface area contributed by atoms with E-state index in [-0.39, 0.29) is 11.9 Å². The zero-order valence-corrected chi connectivity index (χ0v) is 18.1. The first-order valence-electron chi connectivity index (χ1n) is 10.3. The molecule has 0 heterocycles. The van der Waals surface area contributed by atoms with Gasteiger partial charge in [-0.3, -0.25) is 9.69 Å². The van der Waals surface area contributed by atoms with Crippen LogP contribution in [0, 0.1) is 0 Å². The van der Waals surface area contributed by atoms with Gasteiger partial charge in [0.05, 0.1) is 26.3 Å². The van der Waals surface area contributed by atoms with Crippen LogP contribution in [0.3, 0.4) is 0 Å². The van der Waals surface area contributed by atoms with E-state index in [1.165, 1.54) is 10.8 Å². The van der Waals surface area contributed by atoms with Gasteiger partial charge in [-0.2, -0.15) is 0 Å². The lowest BCUT2D eigenvalue weighted by Gasteiger charge is -2.21. The highest BCUT2D eigenvalue weighted by molar-refractivity contribution is 5.87. The normalized spacial score (nSPS) is 12.0. The van der Waals surface area contributed by atoms with Crippen molar-refractivity contribution in [2.24, 2.45) is 0 Å². The summed E-state index contributed by atoms with van der Waals surface area (Å²) in [5.74, 6) is 1.43. The Morgan fingerprint density at radius 2 is 1.83 bits per heavy atom. The fourth-order valence-electron chi connectivity index (χ4n) is 3.69. The Morgan fingerprint density at radius 3 is 2.60 bits per heavy atom. The first-order valence-corrected chi connectivity index (χ1v) is 10.3. The maximum Gasteiger partial charge on any atom is 0.234 e. The van der Waals surface area contributed by atoms with Crippen LogP contribution in [-0.4, -0.2) is 38.1 Å². The van der Waals surface area contributed by atoms with Crippen LogP contribution in [0.5, 0.6) is 11.5 Å². The molecule has 0 unspecified atom stereocenters. The second-order valence-corrected chi connectivity index (χ2v) is 7.45. The first-order chi connectivity index (χ1) is 14.5. The molecule has 0 aliphatic carbocycles. The van der Waals surface area contributed by atoms with Crippen LogP contribution in [-0.2, 0) is 11.3 Å². The van der Waals surface area contributed by atoms with Crippen molar-refractivity contribution >= 4 is 16.7 Å². The molecule has 1 N–H and O–H groups in total. The molecule has 0 saturated carbocycles. The maximum absolute atomic E-state index is 12.6. The zero-order chi connectivity index (χ0) is 21.5. The molecular formula is C25H30N2O3. The predicted molar refractivity (Wildman–Crippen MR) is 121 cm³/mol. The molecule has 0 aromatic heterocycles. The number of hydrogen-bond donors (Lipinski definition) is 1. The number of amides is 1. The summed E-state index contributed by atoms with van der Waals surface area (Å²) in [6.07, 6.45) is 0. The van der Waals surface area contributed by atoms with Crippen LogP contribution >= 0.6 is 0 Å². The second kappa shape index (κ2) is 10.1. The predicted octanol–water partition coefficient (Wildman–Crippen LogP) is 4.56. The van der Waals surface area contributed by atoms with Gasteiger partial charge in [0.15, 0.2) is 11.5 Å². The molecule has 158 valence electrons. The van der Waals surface area contributed by atoms with Crippen molar-refractivity contribution in [3.8, 4) is 11.5 Å². The van der Waals surface area contributed by atoms with Gasteiger partial charge in [0.2, 0.25) is 5.91 Å². The van der Waals surface area contributed by atoms with Crippen LogP contribution in [0.25, 0.3) is 10.8 Å². The van der Waals surface area contributed by atoms with Gasteiger partial charge in [0.1, 0.15) is 0 Å². The lowest BCUT2D eigenvalue weighted by atomic mass is 10.00. The number of hydrogen-bond acceptors (Lipinski definition) is 4. The largest absolute Gasteiger partial charge is 0.493 e. The van der Waals surface area contributed by atoms with Crippen molar-refractivity contribution in [1.82, 2.24) is 10.2 Å². The number of benzene rings is 3. The Hall–Kier alpha value is -3.05. The summed E-state index contributed by atoms with van der Waals surface area (Å²) in [5.41, 5.74) is 2.19. The minimum atomic E-state index is -0.0671. The summed E-state index contributed by atoms with van der Waals surface area (Å²) in [6, 6.07) is 20.2. The Bertz CT molecular complexity index is 997. The molecular weight excluding hydrogens is 376 g/mol. The minimum Gasteiger partial charge on any atom is -0.493 e. The van der Waals surface area contributed by atoms with Crippen molar-refractivity contribution in [1.29, 1.82) is 0 Å². The van der Waals surface area contributed by atoms with Crippen LogP contribution in [0.1, 0.15) is 31.0 Å². The standard InChI is InChI=1S/C25H30N2O3/c1-5-30-23-14-13-19(15-24(23)29-4)16-27(3)17-25(28)26-18(2)21-12-8-10-20-9-6-7-11-22(20)21/h6-15,18H,5,16-17H2,1-4H3,(H,26,28)/t18-/m1/s1. The molecule has 0 fully saturated rings. The van der Waals surface area contributed by atoms with E-state index in [1.807, 2.05) is 62.2 Å². The average molecular weight is 407 g/mol. The van der Waals surface area contributed by atoms with Crippen LogP contribution < -0.4 is 14.8 Å². The van der Waals surface area contributed by atoms with Gasteiger partial charge in [-0.05, 0) is 54.9 Å². The summed E-state index contributed by atoms with van der Waals surface area (Å²) < 4.78 is 11.0. The molecule has 30 heavy (non-hydrogen) atoms. The number of carbonyl (C=O) groups is 1. The summed E-state index contributed by atoms with van der Waals surface area (Å²) in [6.45, 7) is 5.50. The number of nitrogens with zero attached hydrogens (tertiary/aromatic N) is 1. The highest BCUT2D eigenvalue weighted by Gasteiger charge is 2.14. The van der Waals surface area contributed by atoms with Crippen molar-refractivity contribution in [2.45, 2.75) is 26.4 Å². The van der Waals surface area contributed by atoms with E-state index in [2.05, 4.69) is 29.6 Å². The van der Waals surface area contributed by atoms with E-state index in [4.69, 9.17) is 9.47 Å². The molecule has 0 aliphatic heterocycles. The molecule has 3 rings (SSSR count). The van der Waals surface area contributed by atoms with E-state index in [9.17, 15) is 4.79 Å². The minimum absolute atomic E-state index is 0.00386. The van der Waals surface area contributed by atoms with Gasteiger partial charge in [0.25, 0.3) is 0 Å². The summed E-state index contributed by atoms with van der Waals surface area (Å²) in [4.78, 5) is 14.6. The van der Waals surface area contributed by atoms with Crippen molar-refractivity contribution in [3.63, 3.8) is 0 Å². The summed E-state index contributed by atoms with van der Waals surface area (Å²) >= 11 is 0. The molecule has 0 radical (unpaired) electrons. The van der Waals surface area contributed by atoms with Gasteiger partial charge in [-0.15, -0.1) is 0 Å². The topological polar surface area (TPSA) is 50.8 Å². The number of nitrogens with one attached hydrogen (secondary N) is 1. The molecule has 1 amide bonds. The maximum atomic E-state index is 12.6. The molecule has 3 aromatic carbocycles. The molecule has 1 atom stereocenters. The number of methoxy groups -OCH3 is 1. The van der Waals surface area contributed by atoms with E-state index in [0.717, 1.165) is 16.9 Å². The highest BCUT2D eigenvalue weighted by atomic mass is 16.5. The lowest BCUT2D eigenvalue weighted by Crippen LogP contribution is -2.36. The number of carbonyl (C=O) groups excluding carboxylic acids is 1. The van der Waals surface area contributed by atoms with Gasteiger partial charge in [0, 0.05) is 6.54 Å². The average Bonchev–Trinajstić information content (AvgIpc) is 2.74. The molecule has 0 spiro atoms. The van der Waals surface area contributed by atoms with Crippen molar-refractivity contribution < 1.29 is 14.3 Å². The Kier molecular flexibility index (Phi) is 7.31. The van der Waals surface area contributed by atoms with Gasteiger partial charge >= 0.3 is 0 Å². The smallest absolute Gasteiger partial charge is 0.234 e. The van der Waals surface area contributed by atoms with Crippen LogP contribution in [0.15, 0.2) is 60.7 Å². The van der Waals surface area contributed by atoms with E-state index < -0.39 is 0 Å². The Labute approximate surface area is 178 Å². The van der Waals surface area contributed by atoms with Crippen molar-refractivity contribution in [3.05, 3.63) is 71.8 Å². The molecule has 0 aliphatic rings.